The van der Waals surface area contributed by atoms with Gasteiger partial charge in [0.1, 0.15) is 22.1 Å². The van der Waals surface area contributed by atoms with Crippen molar-refractivity contribution in [1.82, 2.24) is 19.3 Å². The first kappa shape index (κ1) is 20.3. The van der Waals surface area contributed by atoms with Crippen LogP contribution in [0.5, 0.6) is 0 Å². The minimum Gasteiger partial charge on any atom is -0.310 e. The second kappa shape index (κ2) is 8.82. The van der Waals surface area contributed by atoms with Gasteiger partial charge in [0.15, 0.2) is 5.82 Å². The maximum Gasteiger partial charge on any atom is 0.269 e. The number of thiazole rings is 1. The predicted octanol–water partition coefficient (Wildman–Crippen LogP) is 2.62. The number of nitrogens with zero attached hydrogens (tertiary/aromatic N) is 5. The first-order valence-electron chi connectivity index (χ1n) is 9.77. The number of fused-ring (bicyclic) bond motifs is 1. The molecule has 3 aromatic rings. The number of benzene rings is 1. The summed E-state index contributed by atoms with van der Waals surface area (Å²) in [7, 11) is 0. The normalized spacial score (nSPS) is 15.3. The molecule has 0 saturated carbocycles. The van der Waals surface area contributed by atoms with Crippen LogP contribution in [0, 0.1) is 11.3 Å². The molecular formula is C22H20ClN5OS. The Bertz CT molecular complexity index is 1320. The van der Waals surface area contributed by atoms with Crippen LogP contribution in [0.25, 0.3) is 11.6 Å². The standard InChI is InChI=1S/C22H20ClN5OS/c1-2-11-28-21(29)18(13-15-8-5-6-9-17(15)23)30-22(28)16(14-24)20-26-25-19-10-4-3-7-12-27(19)20/h2,5-6,8-9,13H,1,3-4,7,10-12H2. The Morgan fingerprint density at radius 1 is 1.30 bits per heavy atom. The summed E-state index contributed by atoms with van der Waals surface area (Å²) in [6, 6.07) is 9.62. The topological polar surface area (TPSA) is 76.5 Å². The van der Waals surface area contributed by atoms with Gasteiger partial charge in [-0.25, -0.2) is 0 Å². The lowest BCUT2D eigenvalue weighted by atomic mass is 10.2. The van der Waals surface area contributed by atoms with Gasteiger partial charge in [-0.15, -0.1) is 28.1 Å². The molecule has 0 N–H and O–H groups in total. The largest absolute Gasteiger partial charge is 0.310 e. The van der Waals surface area contributed by atoms with Gasteiger partial charge in [0.05, 0.1) is 4.53 Å². The van der Waals surface area contributed by atoms with Gasteiger partial charge in [-0.05, 0) is 30.5 Å². The van der Waals surface area contributed by atoms with E-state index >= 15 is 0 Å². The predicted molar refractivity (Wildman–Crippen MR) is 119 cm³/mol. The molecule has 0 aliphatic carbocycles. The van der Waals surface area contributed by atoms with E-state index in [-0.39, 0.29) is 5.56 Å². The molecule has 0 bridgehead atoms. The van der Waals surface area contributed by atoms with E-state index in [1.165, 1.54) is 11.3 Å². The van der Waals surface area contributed by atoms with Crippen LogP contribution in [0.1, 0.15) is 36.5 Å². The van der Waals surface area contributed by atoms with Gasteiger partial charge in [-0.3, -0.25) is 9.36 Å². The second-order valence-electron chi connectivity index (χ2n) is 7.03. The molecule has 0 saturated heterocycles. The van der Waals surface area contributed by atoms with Crippen molar-refractivity contribution in [2.24, 2.45) is 0 Å². The average molecular weight is 438 g/mol. The Kier molecular flexibility index (Phi) is 5.98. The van der Waals surface area contributed by atoms with Crippen molar-refractivity contribution in [1.29, 1.82) is 5.26 Å². The van der Waals surface area contributed by atoms with E-state index in [0.717, 1.165) is 43.6 Å². The van der Waals surface area contributed by atoms with E-state index in [0.29, 0.717) is 32.2 Å². The van der Waals surface area contributed by atoms with Gasteiger partial charge in [0.25, 0.3) is 5.56 Å². The van der Waals surface area contributed by atoms with Crippen LogP contribution in [-0.2, 0) is 19.5 Å². The lowest BCUT2D eigenvalue weighted by molar-refractivity contribution is 0.626. The molecule has 6 nitrogen and oxygen atoms in total. The number of allylic oxidation sites excluding steroid dienone is 1. The molecule has 0 radical (unpaired) electrons. The van der Waals surface area contributed by atoms with Crippen LogP contribution in [0.3, 0.4) is 0 Å². The van der Waals surface area contributed by atoms with E-state index in [1.54, 1.807) is 22.8 Å². The van der Waals surface area contributed by atoms with E-state index in [9.17, 15) is 10.1 Å². The molecule has 0 fully saturated rings. The average Bonchev–Trinajstić information content (AvgIpc) is 3.17. The maximum atomic E-state index is 13.1. The van der Waals surface area contributed by atoms with Crippen LogP contribution in [0.15, 0.2) is 41.7 Å². The minimum atomic E-state index is -0.182. The molecule has 152 valence electrons. The summed E-state index contributed by atoms with van der Waals surface area (Å²) >= 11 is 7.53. The second-order valence-corrected chi connectivity index (χ2v) is 8.47. The molecule has 0 amide bonds. The molecule has 0 spiro atoms. The Labute approximate surface area is 182 Å². The summed E-state index contributed by atoms with van der Waals surface area (Å²) in [5, 5.41) is 19.2. The summed E-state index contributed by atoms with van der Waals surface area (Å²) in [4.78, 5) is 13.1. The zero-order valence-corrected chi connectivity index (χ0v) is 17.9. The Hall–Kier alpha value is -2.95. The monoisotopic (exact) mass is 437 g/mol. The fraction of sp³-hybridized carbons (Fsp3) is 0.273. The molecular weight excluding hydrogens is 418 g/mol. The van der Waals surface area contributed by atoms with Gasteiger partial charge in [-0.2, -0.15) is 5.26 Å². The van der Waals surface area contributed by atoms with Crippen LogP contribution >= 0.6 is 22.9 Å². The van der Waals surface area contributed by atoms with Gasteiger partial charge in [0, 0.05) is 24.5 Å². The third-order valence-corrected chi connectivity index (χ3v) is 6.54. The van der Waals surface area contributed by atoms with Gasteiger partial charge >= 0.3 is 0 Å². The Morgan fingerprint density at radius 3 is 2.90 bits per heavy atom. The molecule has 8 heteroatoms. The highest BCUT2D eigenvalue weighted by atomic mass is 35.5. The molecule has 0 atom stereocenters. The molecule has 0 unspecified atom stereocenters. The third kappa shape index (κ3) is 3.76. The summed E-state index contributed by atoms with van der Waals surface area (Å²) in [5.41, 5.74) is 0.932. The van der Waals surface area contributed by atoms with Crippen LogP contribution < -0.4 is 14.8 Å². The lowest BCUT2D eigenvalue weighted by Crippen LogP contribution is -2.32. The van der Waals surface area contributed by atoms with E-state index in [1.807, 2.05) is 22.8 Å². The number of nitriles is 1. The molecule has 1 aliphatic heterocycles. The fourth-order valence-electron chi connectivity index (χ4n) is 3.60. The third-order valence-electron chi connectivity index (χ3n) is 5.07. The summed E-state index contributed by atoms with van der Waals surface area (Å²) in [6.07, 6.45) is 7.47. The summed E-state index contributed by atoms with van der Waals surface area (Å²) in [5.74, 6) is 1.42. The zero-order valence-electron chi connectivity index (χ0n) is 16.3. The van der Waals surface area contributed by atoms with Crippen LogP contribution in [0.4, 0.5) is 0 Å². The van der Waals surface area contributed by atoms with E-state index in [4.69, 9.17) is 11.6 Å². The molecule has 1 aliphatic rings. The van der Waals surface area contributed by atoms with Crippen molar-refractivity contribution in [2.75, 3.05) is 0 Å². The summed E-state index contributed by atoms with van der Waals surface area (Å²) in [6.45, 7) is 4.84. The van der Waals surface area contributed by atoms with Crippen molar-refractivity contribution in [3.05, 3.63) is 78.7 Å². The van der Waals surface area contributed by atoms with Gasteiger partial charge < -0.3 is 4.57 Å². The number of aryl methyl sites for hydroxylation is 1. The maximum absolute atomic E-state index is 13.1. The Morgan fingerprint density at radius 2 is 2.13 bits per heavy atom. The highest BCUT2D eigenvalue weighted by Gasteiger charge is 2.20. The van der Waals surface area contributed by atoms with E-state index < -0.39 is 0 Å². The number of halogens is 1. The molecule has 2 aromatic heterocycles. The molecule has 3 heterocycles. The van der Waals surface area contributed by atoms with Crippen molar-refractivity contribution >= 4 is 34.6 Å². The van der Waals surface area contributed by atoms with Crippen molar-refractivity contribution < 1.29 is 0 Å². The quantitative estimate of drug-likeness (QED) is 0.588. The van der Waals surface area contributed by atoms with Gasteiger partial charge in [0.2, 0.25) is 0 Å². The zero-order chi connectivity index (χ0) is 21.1. The number of rotatable bonds is 4. The number of hydrogen-bond donors (Lipinski definition) is 0. The summed E-state index contributed by atoms with van der Waals surface area (Å²) < 4.78 is 4.64. The van der Waals surface area contributed by atoms with E-state index in [2.05, 4.69) is 22.8 Å². The Balaban J connectivity index is 2.00. The van der Waals surface area contributed by atoms with Gasteiger partial charge in [-0.1, -0.05) is 42.3 Å². The van der Waals surface area contributed by atoms with Crippen LogP contribution in [0.2, 0.25) is 5.02 Å². The first-order valence-corrected chi connectivity index (χ1v) is 11.0. The van der Waals surface area contributed by atoms with Crippen molar-refractivity contribution in [3.8, 4) is 6.07 Å². The number of aromatic nitrogens is 4. The number of hydrogen-bond acceptors (Lipinski definition) is 5. The fourth-order valence-corrected chi connectivity index (χ4v) is 4.89. The first-order chi connectivity index (χ1) is 14.6. The minimum absolute atomic E-state index is 0.182. The van der Waals surface area contributed by atoms with Crippen molar-refractivity contribution in [2.45, 2.75) is 38.8 Å². The SMILES string of the molecule is C=CCn1c(=C(C#N)c2nnc3n2CCCCC3)sc(=Cc2ccccc2Cl)c1=O. The van der Waals surface area contributed by atoms with Crippen molar-refractivity contribution in [3.63, 3.8) is 0 Å². The molecule has 4 rings (SSSR count). The smallest absolute Gasteiger partial charge is 0.269 e. The molecule has 30 heavy (non-hydrogen) atoms. The molecule has 1 aromatic carbocycles. The highest BCUT2D eigenvalue weighted by molar-refractivity contribution is 7.07. The highest BCUT2D eigenvalue weighted by Crippen LogP contribution is 2.18. The lowest BCUT2D eigenvalue weighted by Gasteiger charge is -2.06. The van der Waals surface area contributed by atoms with Crippen LogP contribution in [-0.4, -0.2) is 19.3 Å².